The third-order valence-corrected chi connectivity index (χ3v) is 4.60. The minimum atomic E-state index is -4.80. The summed E-state index contributed by atoms with van der Waals surface area (Å²) in [5.41, 5.74) is -1.85. The van der Waals surface area contributed by atoms with E-state index in [1.165, 1.54) is 12.1 Å². The van der Waals surface area contributed by atoms with Gasteiger partial charge in [0.1, 0.15) is 29.1 Å². The molecule has 0 aromatic heterocycles. The van der Waals surface area contributed by atoms with Gasteiger partial charge in [0.2, 0.25) is 0 Å². The fraction of sp³-hybridized carbons (Fsp3) is 0.130. The maximum absolute atomic E-state index is 14.7. The molecule has 0 amide bonds. The Balaban J connectivity index is 2.06. The van der Waals surface area contributed by atoms with Gasteiger partial charge in [0, 0.05) is 17.2 Å². The lowest BCUT2D eigenvalue weighted by atomic mass is 9.96. The van der Waals surface area contributed by atoms with E-state index in [0.29, 0.717) is 24.1 Å². The van der Waals surface area contributed by atoms with Crippen molar-refractivity contribution < 1.29 is 35.1 Å². The van der Waals surface area contributed by atoms with E-state index in [0.717, 1.165) is 12.1 Å². The fourth-order valence-electron chi connectivity index (χ4n) is 3.08. The Morgan fingerprint density at radius 1 is 0.710 bits per heavy atom. The van der Waals surface area contributed by atoms with E-state index in [4.69, 9.17) is 0 Å². The lowest BCUT2D eigenvalue weighted by molar-refractivity contribution is -0.0790. The topological polar surface area (TPSA) is 0 Å². The average Bonchev–Trinajstić information content (AvgIpc) is 2.65. The molecule has 0 spiro atoms. The predicted molar refractivity (Wildman–Crippen MR) is 102 cm³/mol. The molecule has 0 saturated carbocycles. The van der Waals surface area contributed by atoms with E-state index in [-0.39, 0.29) is 23.3 Å². The zero-order valence-electron chi connectivity index (χ0n) is 15.9. The van der Waals surface area contributed by atoms with Crippen LogP contribution in [0.25, 0.3) is 28.3 Å². The number of rotatable bonds is 4. The summed E-state index contributed by atoms with van der Waals surface area (Å²) < 4.78 is 109. The van der Waals surface area contributed by atoms with Crippen molar-refractivity contribution in [2.24, 2.45) is 0 Å². The first kappa shape index (κ1) is 22.5. The lowest BCUT2D eigenvalue weighted by Crippen LogP contribution is -2.01. The van der Waals surface area contributed by atoms with Gasteiger partial charge in [0.25, 0.3) is 0 Å². The maximum atomic E-state index is 14.7. The van der Waals surface area contributed by atoms with Crippen LogP contribution >= 0.6 is 0 Å². The monoisotopic (exact) mass is 442 g/mol. The molecule has 3 aromatic rings. The molecule has 0 saturated heterocycles. The molecule has 0 fully saturated rings. The molecule has 0 heterocycles. The van der Waals surface area contributed by atoms with Crippen molar-refractivity contribution in [3.8, 4) is 22.3 Å². The molecular formula is C23H14F8. The van der Waals surface area contributed by atoms with Crippen LogP contribution in [0.2, 0.25) is 0 Å². The van der Waals surface area contributed by atoms with Crippen molar-refractivity contribution in [3.05, 3.63) is 88.8 Å². The first-order valence-corrected chi connectivity index (χ1v) is 9.03. The highest BCUT2D eigenvalue weighted by Crippen LogP contribution is 2.34. The van der Waals surface area contributed by atoms with E-state index < -0.39 is 52.0 Å². The number of benzene rings is 3. The van der Waals surface area contributed by atoms with Crippen LogP contribution in [-0.2, 0) is 6.42 Å². The zero-order chi connectivity index (χ0) is 22.9. The van der Waals surface area contributed by atoms with Crippen LogP contribution in [0.5, 0.6) is 0 Å². The number of hydrogen-bond donors (Lipinski definition) is 0. The molecular weight excluding hydrogens is 428 g/mol. The predicted octanol–water partition coefficient (Wildman–Crippen LogP) is 7.85. The van der Waals surface area contributed by atoms with Gasteiger partial charge in [-0.2, -0.15) is 13.2 Å². The molecule has 0 aliphatic heterocycles. The summed E-state index contributed by atoms with van der Waals surface area (Å²) in [4.78, 5) is 0. The first-order valence-electron chi connectivity index (χ1n) is 9.03. The Bertz CT molecular complexity index is 1110. The van der Waals surface area contributed by atoms with Crippen LogP contribution in [0, 0.1) is 29.1 Å². The number of aryl methyl sites for hydroxylation is 1. The quantitative estimate of drug-likeness (QED) is 0.361. The second-order valence-corrected chi connectivity index (χ2v) is 6.71. The molecule has 0 radical (unpaired) electrons. The Kier molecular flexibility index (Phi) is 6.20. The molecule has 8 heteroatoms. The maximum Gasteiger partial charge on any atom is 0.409 e. The van der Waals surface area contributed by atoms with Crippen LogP contribution in [-0.4, -0.2) is 6.18 Å². The van der Waals surface area contributed by atoms with E-state index >= 15 is 0 Å². The first-order chi connectivity index (χ1) is 14.5. The standard InChI is InChI=1S/C23H14F8/c1-2-12-3-4-15(17(24)7-12)13-8-20(27)22(21(28)9-13)14-10-18(25)16(19(26)11-14)5-6-23(29,30)31/h3-11H,2H2,1H3/b6-5+. The van der Waals surface area contributed by atoms with Crippen molar-refractivity contribution >= 4 is 6.08 Å². The smallest absolute Gasteiger partial charge is 0.206 e. The van der Waals surface area contributed by atoms with Gasteiger partial charge in [0.15, 0.2) is 0 Å². The van der Waals surface area contributed by atoms with E-state index in [1.54, 1.807) is 6.07 Å². The third kappa shape index (κ3) is 4.95. The van der Waals surface area contributed by atoms with Crippen molar-refractivity contribution in [3.63, 3.8) is 0 Å². The summed E-state index contributed by atoms with van der Waals surface area (Å²) in [6.45, 7) is 1.81. The van der Waals surface area contributed by atoms with Gasteiger partial charge in [-0.3, -0.25) is 0 Å². The van der Waals surface area contributed by atoms with Gasteiger partial charge in [0.05, 0.1) is 5.56 Å². The lowest BCUT2D eigenvalue weighted by Gasteiger charge is -2.11. The van der Waals surface area contributed by atoms with Gasteiger partial charge < -0.3 is 0 Å². The average molecular weight is 442 g/mol. The summed E-state index contributed by atoms with van der Waals surface area (Å²) >= 11 is 0. The summed E-state index contributed by atoms with van der Waals surface area (Å²) in [7, 11) is 0. The molecule has 0 aliphatic rings. The van der Waals surface area contributed by atoms with Gasteiger partial charge in [-0.05, 0) is 59.5 Å². The van der Waals surface area contributed by atoms with Crippen molar-refractivity contribution in [2.45, 2.75) is 19.5 Å². The highest BCUT2D eigenvalue weighted by molar-refractivity contribution is 5.73. The van der Waals surface area contributed by atoms with Crippen LogP contribution < -0.4 is 0 Å². The molecule has 3 rings (SSSR count). The molecule has 0 atom stereocenters. The minimum Gasteiger partial charge on any atom is -0.206 e. The number of hydrogen-bond acceptors (Lipinski definition) is 0. The molecule has 31 heavy (non-hydrogen) atoms. The van der Waals surface area contributed by atoms with E-state index in [9.17, 15) is 35.1 Å². The third-order valence-electron chi connectivity index (χ3n) is 4.60. The van der Waals surface area contributed by atoms with Gasteiger partial charge in [-0.25, -0.2) is 22.0 Å². The second-order valence-electron chi connectivity index (χ2n) is 6.71. The molecule has 0 nitrogen and oxygen atoms in total. The number of alkyl halides is 3. The number of halogens is 8. The van der Waals surface area contributed by atoms with Crippen molar-refractivity contribution in [1.82, 2.24) is 0 Å². The van der Waals surface area contributed by atoms with Crippen molar-refractivity contribution in [2.75, 3.05) is 0 Å². The Hall–Kier alpha value is -3.16. The van der Waals surface area contributed by atoms with Crippen LogP contribution in [0.1, 0.15) is 18.1 Å². The highest BCUT2D eigenvalue weighted by atomic mass is 19.4. The molecule has 0 N–H and O–H groups in total. The van der Waals surface area contributed by atoms with Crippen molar-refractivity contribution in [1.29, 1.82) is 0 Å². The molecule has 0 unspecified atom stereocenters. The van der Waals surface area contributed by atoms with Crippen LogP contribution in [0.3, 0.4) is 0 Å². The largest absolute Gasteiger partial charge is 0.409 e. The summed E-state index contributed by atoms with van der Waals surface area (Å²) in [6, 6.07) is 6.87. The van der Waals surface area contributed by atoms with E-state index in [1.807, 2.05) is 6.92 Å². The highest BCUT2D eigenvalue weighted by Gasteiger charge is 2.23. The molecule has 162 valence electrons. The molecule has 0 aliphatic carbocycles. The minimum absolute atomic E-state index is 0.0634. The van der Waals surface area contributed by atoms with E-state index in [2.05, 4.69) is 0 Å². The van der Waals surface area contributed by atoms with Crippen LogP contribution in [0.4, 0.5) is 35.1 Å². The Morgan fingerprint density at radius 2 is 1.26 bits per heavy atom. The normalized spacial score (nSPS) is 12.0. The number of allylic oxidation sites excluding steroid dienone is 1. The van der Waals surface area contributed by atoms with Crippen LogP contribution in [0.15, 0.2) is 48.5 Å². The molecule has 0 bridgehead atoms. The molecule has 3 aromatic carbocycles. The Morgan fingerprint density at radius 3 is 1.74 bits per heavy atom. The van der Waals surface area contributed by atoms with Gasteiger partial charge >= 0.3 is 6.18 Å². The van der Waals surface area contributed by atoms with Gasteiger partial charge in [-0.15, -0.1) is 0 Å². The zero-order valence-corrected chi connectivity index (χ0v) is 15.9. The Labute approximate surface area is 172 Å². The fourth-order valence-corrected chi connectivity index (χ4v) is 3.08. The SMILES string of the molecule is CCc1ccc(-c2cc(F)c(-c3cc(F)c(/C=C/C(F)(F)F)c(F)c3)c(F)c2)c(F)c1. The summed E-state index contributed by atoms with van der Waals surface area (Å²) in [5.74, 6) is -5.99. The summed E-state index contributed by atoms with van der Waals surface area (Å²) in [6.07, 6.45) is -4.41. The second kappa shape index (κ2) is 8.53. The summed E-state index contributed by atoms with van der Waals surface area (Å²) in [5, 5.41) is 0. The van der Waals surface area contributed by atoms with Gasteiger partial charge in [-0.1, -0.05) is 19.1 Å².